The molecule has 0 bridgehead atoms. The normalized spacial score (nSPS) is 18.4. The van der Waals surface area contributed by atoms with Gasteiger partial charge in [-0.25, -0.2) is 0 Å². The van der Waals surface area contributed by atoms with Crippen molar-refractivity contribution in [3.05, 3.63) is 49.9 Å². The van der Waals surface area contributed by atoms with Crippen molar-refractivity contribution in [1.82, 2.24) is 0 Å². The van der Waals surface area contributed by atoms with Crippen LogP contribution in [0.5, 0.6) is 0 Å². The molecule has 1 aromatic carbocycles. The summed E-state index contributed by atoms with van der Waals surface area (Å²) in [7, 11) is 0. The Hall–Kier alpha value is -2.96. The van der Waals surface area contributed by atoms with Crippen molar-refractivity contribution < 1.29 is 14.5 Å². The highest BCUT2D eigenvalue weighted by molar-refractivity contribution is 7.16. The highest BCUT2D eigenvalue weighted by atomic mass is 32.1. The van der Waals surface area contributed by atoms with Gasteiger partial charge >= 0.3 is 0 Å². The summed E-state index contributed by atoms with van der Waals surface area (Å²) in [6, 6.07) is 6.58. The highest BCUT2D eigenvalue weighted by Gasteiger charge is 2.27. The third-order valence-corrected chi connectivity index (χ3v) is 6.81. The Labute approximate surface area is 178 Å². The van der Waals surface area contributed by atoms with Crippen LogP contribution in [0.1, 0.15) is 39.7 Å². The topological polar surface area (TPSA) is 108 Å². The zero-order valence-electron chi connectivity index (χ0n) is 16.6. The minimum Gasteiger partial charge on any atom is -0.378 e. The second-order valence-corrected chi connectivity index (χ2v) is 8.78. The Balaban J connectivity index is 1.68. The lowest BCUT2D eigenvalue weighted by atomic mass is 9.88. The van der Waals surface area contributed by atoms with Gasteiger partial charge in [0, 0.05) is 30.1 Å². The summed E-state index contributed by atoms with van der Waals surface area (Å²) in [4.78, 5) is 27.1. The quantitative estimate of drug-likeness (QED) is 0.589. The van der Waals surface area contributed by atoms with Crippen molar-refractivity contribution in [3.63, 3.8) is 0 Å². The Bertz CT molecular complexity index is 1040. The van der Waals surface area contributed by atoms with Gasteiger partial charge < -0.3 is 15.0 Å². The molecule has 0 unspecified atom stereocenters. The lowest BCUT2D eigenvalue weighted by molar-refractivity contribution is -0.384. The van der Waals surface area contributed by atoms with Crippen LogP contribution in [-0.4, -0.2) is 37.1 Å². The van der Waals surface area contributed by atoms with Gasteiger partial charge in [-0.15, -0.1) is 11.3 Å². The molecule has 0 saturated carbocycles. The molecular weight excluding hydrogens is 404 g/mol. The number of nitriles is 1. The van der Waals surface area contributed by atoms with Crippen molar-refractivity contribution in [3.8, 4) is 6.07 Å². The maximum Gasteiger partial charge on any atom is 0.270 e. The fourth-order valence-electron chi connectivity index (χ4n) is 4.03. The summed E-state index contributed by atoms with van der Waals surface area (Å²) in [5, 5.41) is 24.4. The molecule has 8 nitrogen and oxygen atoms in total. The Kier molecular flexibility index (Phi) is 5.70. The van der Waals surface area contributed by atoms with Crippen LogP contribution in [0.2, 0.25) is 0 Å². The molecule has 30 heavy (non-hydrogen) atoms. The summed E-state index contributed by atoms with van der Waals surface area (Å²) in [6.07, 6.45) is 2.76. The van der Waals surface area contributed by atoms with E-state index in [1.54, 1.807) is 6.07 Å². The summed E-state index contributed by atoms with van der Waals surface area (Å²) in [6.45, 7) is 4.46. The van der Waals surface area contributed by atoms with Gasteiger partial charge in [-0.3, -0.25) is 14.9 Å². The van der Waals surface area contributed by atoms with E-state index in [2.05, 4.69) is 18.3 Å². The standard InChI is InChI=1S/C21H22N4O4S/c1-13-2-4-15-17(12-22)21(30-19(15)10-13)23-20(26)16-11-14(25(27)28)3-5-18(16)24-6-8-29-9-7-24/h3,5,11,13H,2,4,6-10H2,1H3,(H,23,26)/t13-/m1/s1. The molecule has 0 radical (unpaired) electrons. The molecule has 1 aliphatic carbocycles. The second kappa shape index (κ2) is 8.42. The van der Waals surface area contributed by atoms with Gasteiger partial charge in [0.25, 0.3) is 11.6 Å². The van der Waals surface area contributed by atoms with Gasteiger partial charge in [0.05, 0.1) is 35.0 Å². The van der Waals surface area contributed by atoms with E-state index in [-0.39, 0.29) is 11.3 Å². The van der Waals surface area contributed by atoms with Gasteiger partial charge in [-0.05, 0) is 36.8 Å². The molecule has 1 amide bonds. The molecule has 1 atom stereocenters. The smallest absolute Gasteiger partial charge is 0.270 e. The molecule has 2 aliphatic rings. The minimum absolute atomic E-state index is 0.142. The number of thiophene rings is 1. The first-order chi connectivity index (χ1) is 14.5. The third kappa shape index (κ3) is 3.88. The average Bonchev–Trinajstić information content (AvgIpc) is 3.09. The van der Waals surface area contributed by atoms with E-state index in [1.807, 2.05) is 4.90 Å². The Morgan fingerprint density at radius 2 is 2.17 bits per heavy atom. The second-order valence-electron chi connectivity index (χ2n) is 7.68. The van der Waals surface area contributed by atoms with E-state index in [4.69, 9.17) is 4.74 Å². The molecule has 1 saturated heterocycles. The lowest BCUT2D eigenvalue weighted by Crippen LogP contribution is -2.37. The van der Waals surface area contributed by atoms with E-state index >= 15 is 0 Å². The maximum absolute atomic E-state index is 13.2. The van der Waals surface area contributed by atoms with Gasteiger partial charge in [-0.2, -0.15) is 5.26 Å². The van der Waals surface area contributed by atoms with Crippen LogP contribution < -0.4 is 10.2 Å². The average molecular weight is 426 g/mol. The van der Waals surface area contributed by atoms with Crippen LogP contribution in [0.3, 0.4) is 0 Å². The van der Waals surface area contributed by atoms with Crippen LogP contribution in [0, 0.1) is 27.4 Å². The predicted molar refractivity (Wildman–Crippen MR) is 114 cm³/mol. The first kappa shape index (κ1) is 20.3. The summed E-state index contributed by atoms with van der Waals surface area (Å²) >= 11 is 1.44. The summed E-state index contributed by atoms with van der Waals surface area (Å²) in [5.41, 5.74) is 2.28. The Morgan fingerprint density at radius 3 is 2.87 bits per heavy atom. The van der Waals surface area contributed by atoms with E-state index in [9.17, 15) is 20.2 Å². The fourth-order valence-corrected chi connectivity index (χ4v) is 5.38. The monoisotopic (exact) mass is 426 g/mol. The number of fused-ring (bicyclic) bond motifs is 1. The van der Waals surface area contributed by atoms with Crippen LogP contribution in [-0.2, 0) is 17.6 Å². The number of hydrogen-bond acceptors (Lipinski definition) is 7. The predicted octanol–water partition coefficient (Wildman–Crippen LogP) is 3.74. The fraction of sp³-hybridized carbons (Fsp3) is 0.429. The largest absolute Gasteiger partial charge is 0.378 e. The van der Waals surface area contributed by atoms with Crippen molar-refractivity contribution in [1.29, 1.82) is 5.26 Å². The van der Waals surface area contributed by atoms with Gasteiger partial charge in [-0.1, -0.05) is 6.92 Å². The molecule has 2 heterocycles. The maximum atomic E-state index is 13.2. The SMILES string of the molecule is C[C@@H]1CCc2c(sc(NC(=O)c3cc([N+](=O)[O-])ccc3N3CCOCC3)c2C#N)C1. The number of hydrogen-bond donors (Lipinski definition) is 1. The van der Waals surface area contributed by atoms with E-state index in [0.717, 1.165) is 29.7 Å². The number of carbonyl (C=O) groups is 1. The lowest BCUT2D eigenvalue weighted by Gasteiger charge is -2.30. The van der Waals surface area contributed by atoms with Crippen molar-refractivity contribution in [2.24, 2.45) is 5.92 Å². The zero-order chi connectivity index (χ0) is 21.3. The third-order valence-electron chi connectivity index (χ3n) is 5.64. The molecule has 156 valence electrons. The van der Waals surface area contributed by atoms with Crippen molar-refractivity contribution >= 4 is 33.6 Å². The highest BCUT2D eigenvalue weighted by Crippen LogP contribution is 2.39. The van der Waals surface area contributed by atoms with E-state index in [0.29, 0.717) is 48.5 Å². The molecule has 4 rings (SSSR count). The van der Waals surface area contributed by atoms with Gasteiger partial charge in [0.1, 0.15) is 11.1 Å². The molecular formula is C21H22N4O4S. The summed E-state index contributed by atoms with van der Waals surface area (Å²) < 4.78 is 5.38. The number of nitro groups is 1. The van der Waals surface area contributed by atoms with E-state index < -0.39 is 10.8 Å². The van der Waals surface area contributed by atoms with Crippen LogP contribution >= 0.6 is 11.3 Å². The van der Waals surface area contributed by atoms with Crippen LogP contribution in [0.25, 0.3) is 0 Å². The first-order valence-corrected chi connectivity index (χ1v) is 10.8. The van der Waals surface area contributed by atoms with Crippen molar-refractivity contribution in [2.45, 2.75) is 26.2 Å². The number of carbonyl (C=O) groups excluding carboxylic acids is 1. The number of nitro benzene ring substituents is 1. The van der Waals surface area contributed by atoms with Gasteiger partial charge in [0.15, 0.2) is 0 Å². The minimum atomic E-state index is -0.508. The molecule has 1 fully saturated rings. The molecule has 1 aromatic heterocycles. The Morgan fingerprint density at radius 1 is 1.40 bits per heavy atom. The number of anilines is 2. The van der Waals surface area contributed by atoms with Crippen LogP contribution in [0.4, 0.5) is 16.4 Å². The molecule has 1 N–H and O–H groups in total. The molecule has 0 spiro atoms. The number of amides is 1. The number of nitrogens with zero attached hydrogens (tertiary/aromatic N) is 3. The molecule has 9 heteroatoms. The number of benzene rings is 1. The number of nitrogens with one attached hydrogen (secondary N) is 1. The number of morpholine rings is 1. The zero-order valence-corrected chi connectivity index (χ0v) is 17.5. The van der Waals surface area contributed by atoms with Gasteiger partial charge in [0.2, 0.25) is 0 Å². The number of non-ortho nitro benzene ring substituents is 1. The number of rotatable bonds is 4. The number of ether oxygens (including phenoxy) is 1. The van der Waals surface area contributed by atoms with E-state index in [1.165, 1.54) is 23.5 Å². The first-order valence-electron chi connectivity index (χ1n) is 9.95. The molecule has 1 aliphatic heterocycles. The molecule has 2 aromatic rings. The van der Waals surface area contributed by atoms with Crippen molar-refractivity contribution in [2.75, 3.05) is 36.5 Å². The van der Waals surface area contributed by atoms with Crippen LogP contribution in [0.15, 0.2) is 18.2 Å². The summed E-state index contributed by atoms with van der Waals surface area (Å²) in [5.74, 6) is 0.110.